The summed E-state index contributed by atoms with van der Waals surface area (Å²) in [6, 6.07) is 4.13. The molecule has 3 heteroatoms. The standard InChI is InChI=1S/C12H17N3/c1-10(13)12-6-5-11(9-14-12)15-7-3-2-4-8-15/h2-3,5-6,9-10H,4,7-8,13H2,1H3/t10-/m1/s1. The summed E-state index contributed by atoms with van der Waals surface area (Å²) in [7, 11) is 0. The van der Waals surface area contributed by atoms with Gasteiger partial charge in [0.2, 0.25) is 0 Å². The quantitative estimate of drug-likeness (QED) is 0.746. The number of aromatic nitrogens is 1. The van der Waals surface area contributed by atoms with Crippen LogP contribution in [0.4, 0.5) is 5.69 Å². The van der Waals surface area contributed by atoms with Crippen LogP contribution in [0.3, 0.4) is 0 Å². The second kappa shape index (κ2) is 4.45. The summed E-state index contributed by atoms with van der Waals surface area (Å²) in [6.07, 6.45) is 7.45. The molecule has 1 aromatic rings. The molecule has 3 nitrogen and oxygen atoms in total. The number of rotatable bonds is 2. The molecular formula is C12H17N3. The molecule has 0 saturated heterocycles. The van der Waals surface area contributed by atoms with Crippen LogP contribution in [0, 0.1) is 0 Å². The fourth-order valence-electron chi connectivity index (χ4n) is 1.73. The molecule has 80 valence electrons. The van der Waals surface area contributed by atoms with Gasteiger partial charge in [0.25, 0.3) is 0 Å². The van der Waals surface area contributed by atoms with Crippen molar-refractivity contribution in [2.24, 2.45) is 5.73 Å². The Morgan fingerprint density at radius 1 is 1.40 bits per heavy atom. The van der Waals surface area contributed by atoms with E-state index >= 15 is 0 Å². The van der Waals surface area contributed by atoms with Gasteiger partial charge in [-0.25, -0.2) is 0 Å². The average Bonchev–Trinajstić information content (AvgIpc) is 2.30. The van der Waals surface area contributed by atoms with Gasteiger partial charge in [0.05, 0.1) is 17.6 Å². The molecule has 2 N–H and O–H groups in total. The number of anilines is 1. The van der Waals surface area contributed by atoms with Crippen molar-refractivity contribution >= 4 is 5.69 Å². The molecule has 0 radical (unpaired) electrons. The molecule has 2 rings (SSSR count). The summed E-state index contributed by atoms with van der Waals surface area (Å²) in [6.45, 7) is 4.01. The maximum absolute atomic E-state index is 5.75. The van der Waals surface area contributed by atoms with Gasteiger partial charge in [-0.05, 0) is 25.5 Å². The van der Waals surface area contributed by atoms with Crippen LogP contribution in [0.1, 0.15) is 25.1 Å². The zero-order valence-corrected chi connectivity index (χ0v) is 9.06. The van der Waals surface area contributed by atoms with Crippen LogP contribution in [0.15, 0.2) is 30.5 Å². The largest absolute Gasteiger partial charge is 0.366 e. The van der Waals surface area contributed by atoms with Gasteiger partial charge in [-0.2, -0.15) is 0 Å². The van der Waals surface area contributed by atoms with Crippen LogP contribution in [0.5, 0.6) is 0 Å². The molecule has 0 fully saturated rings. The van der Waals surface area contributed by atoms with Crippen molar-refractivity contribution in [3.63, 3.8) is 0 Å². The molecule has 1 aliphatic heterocycles. The van der Waals surface area contributed by atoms with E-state index in [1.807, 2.05) is 19.2 Å². The smallest absolute Gasteiger partial charge is 0.0569 e. The number of pyridine rings is 1. The zero-order valence-electron chi connectivity index (χ0n) is 9.06. The average molecular weight is 203 g/mol. The first kappa shape index (κ1) is 10.2. The molecule has 0 aromatic carbocycles. The lowest BCUT2D eigenvalue weighted by Gasteiger charge is -2.25. The Bertz CT molecular complexity index is 340. The van der Waals surface area contributed by atoms with E-state index in [1.54, 1.807) is 0 Å². The van der Waals surface area contributed by atoms with Crippen LogP contribution < -0.4 is 10.6 Å². The lowest BCUT2D eigenvalue weighted by atomic mass is 10.2. The number of nitrogens with zero attached hydrogens (tertiary/aromatic N) is 2. The van der Waals surface area contributed by atoms with Crippen molar-refractivity contribution in [2.45, 2.75) is 19.4 Å². The molecule has 1 aromatic heterocycles. The predicted octanol–water partition coefficient (Wildman–Crippen LogP) is 1.87. The fourth-order valence-corrected chi connectivity index (χ4v) is 1.73. The van der Waals surface area contributed by atoms with Crippen molar-refractivity contribution in [1.82, 2.24) is 4.98 Å². The van der Waals surface area contributed by atoms with Gasteiger partial charge in [-0.3, -0.25) is 4.98 Å². The van der Waals surface area contributed by atoms with Crippen LogP contribution in [-0.2, 0) is 0 Å². The van der Waals surface area contributed by atoms with Crippen molar-refractivity contribution in [2.75, 3.05) is 18.0 Å². The summed E-state index contributed by atoms with van der Waals surface area (Å²) in [5.74, 6) is 0. The Morgan fingerprint density at radius 3 is 2.80 bits per heavy atom. The minimum Gasteiger partial charge on any atom is -0.366 e. The summed E-state index contributed by atoms with van der Waals surface area (Å²) in [4.78, 5) is 6.68. The van der Waals surface area contributed by atoms with Gasteiger partial charge in [-0.1, -0.05) is 12.2 Å². The third kappa shape index (κ3) is 2.36. The van der Waals surface area contributed by atoms with Crippen molar-refractivity contribution in [3.05, 3.63) is 36.2 Å². The molecule has 0 spiro atoms. The highest BCUT2D eigenvalue weighted by atomic mass is 15.1. The molecular weight excluding hydrogens is 186 g/mol. The van der Waals surface area contributed by atoms with E-state index in [1.165, 1.54) is 5.69 Å². The molecule has 0 amide bonds. The van der Waals surface area contributed by atoms with Crippen LogP contribution in [-0.4, -0.2) is 18.1 Å². The summed E-state index contributed by atoms with van der Waals surface area (Å²) in [5.41, 5.74) is 7.89. The summed E-state index contributed by atoms with van der Waals surface area (Å²) in [5, 5.41) is 0. The third-order valence-electron chi connectivity index (χ3n) is 2.66. The van der Waals surface area contributed by atoms with Crippen LogP contribution >= 0.6 is 0 Å². The third-order valence-corrected chi connectivity index (χ3v) is 2.66. The minimum atomic E-state index is 0.0142. The molecule has 0 saturated carbocycles. The zero-order chi connectivity index (χ0) is 10.7. The number of hydrogen-bond donors (Lipinski definition) is 1. The normalized spacial score (nSPS) is 17.9. The van der Waals surface area contributed by atoms with E-state index in [9.17, 15) is 0 Å². The van der Waals surface area contributed by atoms with Crippen LogP contribution in [0.25, 0.3) is 0 Å². The fraction of sp³-hybridized carbons (Fsp3) is 0.417. The molecule has 2 heterocycles. The predicted molar refractivity (Wildman–Crippen MR) is 62.8 cm³/mol. The summed E-state index contributed by atoms with van der Waals surface area (Å²) < 4.78 is 0. The Morgan fingerprint density at radius 2 is 2.27 bits per heavy atom. The molecule has 0 aliphatic carbocycles. The molecule has 0 bridgehead atoms. The van der Waals surface area contributed by atoms with Gasteiger partial charge in [0.1, 0.15) is 0 Å². The SMILES string of the molecule is C[C@@H](N)c1ccc(N2CC=CCC2)cn1. The van der Waals surface area contributed by atoms with Crippen LogP contribution in [0.2, 0.25) is 0 Å². The topological polar surface area (TPSA) is 42.1 Å². The van der Waals surface area contributed by atoms with Gasteiger partial charge in [-0.15, -0.1) is 0 Å². The van der Waals surface area contributed by atoms with Gasteiger partial charge in [0.15, 0.2) is 0 Å². The van der Waals surface area contributed by atoms with Crippen molar-refractivity contribution < 1.29 is 0 Å². The highest BCUT2D eigenvalue weighted by Crippen LogP contribution is 2.17. The molecule has 1 atom stereocenters. The van der Waals surface area contributed by atoms with Gasteiger partial charge in [0, 0.05) is 19.1 Å². The first-order valence-electron chi connectivity index (χ1n) is 5.39. The van der Waals surface area contributed by atoms with E-state index < -0.39 is 0 Å². The van der Waals surface area contributed by atoms with E-state index in [0.717, 1.165) is 25.2 Å². The van der Waals surface area contributed by atoms with E-state index in [0.29, 0.717) is 0 Å². The molecule has 1 aliphatic rings. The highest BCUT2D eigenvalue weighted by Gasteiger charge is 2.08. The van der Waals surface area contributed by atoms with E-state index in [4.69, 9.17) is 5.73 Å². The lowest BCUT2D eigenvalue weighted by Crippen LogP contribution is -2.26. The monoisotopic (exact) mass is 203 g/mol. The first-order valence-corrected chi connectivity index (χ1v) is 5.39. The lowest BCUT2D eigenvalue weighted by molar-refractivity contribution is 0.774. The second-order valence-corrected chi connectivity index (χ2v) is 3.94. The Labute approximate surface area is 90.6 Å². The maximum Gasteiger partial charge on any atom is 0.0569 e. The second-order valence-electron chi connectivity index (χ2n) is 3.94. The van der Waals surface area contributed by atoms with Gasteiger partial charge < -0.3 is 10.6 Å². The molecule has 0 unspecified atom stereocenters. The maximum atomic E-state index is 5.75. The summed E-state index contributed by atoms with van der Waals surface area (Å²) >= 11 is 0. The van der Waals surface area contributed by atoms with Crippen molar-refractivity contribution in [1.29, 1.82) is 0 Å². The Balaban J connectivity index is 2.12. The Hall–Kier alpha value is -1.35. The van der Waals surface area contributed by atoms with E-state index in [2.05, 4.69) is 28.1 Å². The Kier molecular flexibility index (Phi) is 3.02. The highest BCUT2D eigenvalue weighted by molar-refractivity contribution is 5.46. The number of hydrogen-bond acceptors (Lipinski definition) is 3. The first-order chi connectivity index (χ1) is 7.27. The minimum absolute atomic E-state index is 0.0142. The van der Waals surface area contributed by atoms with Crippen molar-refractivity contribution in [3.8, 4) is 0 Å². The van der Waals surface area contributed by atoms with Gasteiger partial charge >= 0.3 is 0 Å². The van der Waals surface area contributed by atoms with E-state index in [-0.39, 0.29) is 6.04 Å². The molecule has 15 heavy (non-hydrogen) atoms. The number of nitrogens with two attached hydrogens (primary N) is 1.